The molecule has 8 nitrogen and oxygen atoms in total. The van der Waals surface area contributed by atoms with Gasteiger partial charge in [-0.25, -0.2) is 24.3 Å². The zero-order valence-electron chi connectivity index (χ0n) is 17.5. The van der Waals surface area contributed by atoms with E-state index in [2.05, 4.69) is 36.2 Å². The summed E-state index contributed by atoms with van der Waals surface area (Å²) in [6.45, 7) is 1.33. The van der Waals surface area contributed by atoms with E-state index < -0.39 is 22.9 Å². The average Bonchev–Trinajstić information content (AvgIpc) is 3.55. The number of rotatable bonds is 6. The summed E-state index contributed by atoms with van der Waals surface area (Å²) in [5, 5.41) is 3.37. The lowest BCUT2D eigenvalue weighted by Gasteiger charge is -2.33. The van der Waals surface area contributed by atoms with Gasteiger partial charge < -0.3 is 15.8 Å². The van der Waals surface area contributed by atoms with Crippen LogP contribution in [0.15, 0.2) is 35.8 Å². The summed E-state index contributed by atoms with van der Waals surface area (Å²) in [6, 6.07) is 3.30. The van der Waals surface area contributed by atoms with Crippen LogP contribution in [0.5, 0.6) is 5.75 Å². The number of aromatic nitrogens is 4. The van der Waals surface area contributed by atoms with E-state index in [4.69, 9.17) is 16.9 Å². The number of aliphatic imine (C=N–C) groups is 1. The molecule has 0 unspecified atom stereocenters. The fourth-order valence-corrected chi connectivity index (χ4v) is 5.63. The van der Waals surface area contributed by atoms with Crippen LogP contribution < -0.4 is 15.8 Å². The Hall–Kier alpha value is -3.52. The fraction of sp³-hybridized carbons (Fsp3) is 0.318. The number of nitrogens with one attached hydrogen (secondary N) is 1. The quantitative estimate of drug-likeness (QED) is 0.420. The van der Waals surface area contributed by atoms with Gasteiger partial charge in [0.2, 0.25) is 5.95 Å². The van der Waals surface area contributed by atoms with Crippen molar-refractivity contribution in [3.63, 3.8) is 0 Å². The predicted octanol–water partition coefficient (Wildman–Crippen LogP) is 3.32. The summed E-state index contributed by atoms with van der Waals surface area (Å²) in [4.78, 5) is 21.3. The molecule has 0 spiro atoms. The van der Waals surface area contributed by atoms with Gasteiger partial charge in [-0.15, -0.1) is 6.42 Å². The van der Waals surface area contributed by atoms with Crippen molar-refractivity contribution >= 4 is 39.5 Å². The maximum absolute atomic E-state index is 14.9. The molecule has 1 aliphatic heterocycles. The Bertz CT molecular complexity index is 1330. The number of anilines is 2. The Morgan fingerprint density at radius 2 is 2.15 bits per heavy atom. The van der Waals surface area contributed by atoms with Crippen molar-refractivity contribution in [1.82, 2.24) is 19.9 Å². The Morgan fingerprint density at radius 3 is 2.94 bits per heavy atom. The minimum absolute atomic E-state index is 0.113. The summed E-state index contributed by atoms with van der Waals surface area (Å²) in [5.74, 6) is 2.42. The van der Waals surface area contributed by atoms with Crippen molar-refractivity contribution in [3.05, 3.63) is 42.4 Å². The predicted molar refractivity (Wildman–Crippen MR) is 123 cm³/mol. The molecule has 4 heterocycles. The van der Waals surface area contributed by atoms with Crippen LogP contribution in [0.25, 0.3) is 11.0 Å². The molecule has 1 saturated carbocycles. The fourth-order valence-electron chi connectivity index (χ4n) is 4.30. The van der Waals surface area contributed by atoms with E-state index in [-0.39, 0.29) is 23.3 Å². The monoisotopic (exact) mass is 467 g/mol. The minimum Gasteiger partial charge on any atom is -0.479 e. The van der Waals surface area contributed by atoms with Crippen molar-refractivity contribution in [2.45, 2.75) is 23.6 Å². The summed E-state index contributed by atoms with van der Waals surface area (Å²) in [6.07, 6.45) is 10.0. The molecule has 168 valence electrons. The zero-order chi connectivity index (χ0) is 23.2. The molecule has 5 rings (SSSR count). The number of alkyl halides is 1. The van der Waals surface area contributed by atoms with Crippen molar-refractivity contribution < 1.29 is 13.5 Å². The van der Waals surface area contributed by atoms with Gasteiger partial charge in [0.05, 0.1) is 33.9 Å². The van der Waals surface area contributed by atoms with Crippen LogP contribution >= 0.6 is 11.8 Å². The van der Waals surface area contributed by atoms with E-state index in [9.17, 15) is 8.78 Å². The van der Waals surface area contributed by atoms with E-state index >= 15 is 0 Å². The Morgan fingerprint density at radius 1 is 1.30 bits per heavy atom. The van der Waals surface area contributed by atoms with Crippen molar-refractivity contribution in [2.75, 3.05) is 18.6 Å². The molecule has 3 aromatic rings. The number of ether oxygens (including phenoxy) is 1. The molecule has 0 saturated heterocycles. The van der Waals surface area contributed by atoms with E-state index in [1.165, 1.54) is 30.5 Å². The third-order valence-corrected chi connectivity index (χ3v) is 7.27. The maximum Gasteiger partial charge on any atom is 0.218 e. The van der Waals surface area contributed by atoms with Gasteiger partial charge in [-0.1, -0.05) is 17.7 Å². The number of thioether (sulfide) groups is 1. The molecule has 11 heteroatoms. The topological polar surface area (TPSA) is 111 Å². The summed E-state index contributed by atoms with van der Waals surface area (Å²) in [7, 11) is 0. The first-order valence-electron chi connectivity index (χ1n) is 10.1. The lowest BCUT2D eigenvalue weighted by molar-refractivity contribution is 0.359. The van der Waals surface area contributed by atoms with Gasteiger partial charge in [-0.05, 0) is 19.4 Å². The molecule has 1 aliphatic carbocycles. The number of nitrogens with two attached hydrogens (primary N) is 1. The summed E-state index contributed by atoms with van der Waals surface area (Å²) in [5.41, 5.74) is 6.70. The molecule has 0 radical (unpaired) electrons. The van der Waals surface area contributed by atoms with Crippen molar-refractivity contribution in [1.29, 1.82) is 0 Å². The molecule has 3 N–H and O–H groups in total. The summed E-state index contributed by atoms with van der Waals surface area (Å²) < 4.78 is 33.4. The largest absolute Gasteiger partial charge is 0.479 e. The van der Waals surface area contributed by atoms with E-state index in [0.717, 1.165) is 0 Å². The first-order valence-corrected chi connectivity index (χ1v) is 10.9. The Balaban J connectivity index is 1.49. The van der Waals surface area contributed by atoms with Crippen molar-refractivity contribution in [3.8, 4) is 18.1 Å². The van der Waals surface area contributed by atoms with Gasteiger partial charge in [-0.2, -0.15) is 4.39 Å². The SMILES string of the molecule is C#CCOc1cnc2c(Nc3cnc(F)c([C@]4(C)N=C(N)S[C@@]5(CF)C[C@H]54)c3)ncnc2c1. The van der Waals surface area contributed by atoms with Crippen LogP contribution in [0.2, 0.25) is 0 Å². The highest BCUT2D eigenvalue weighted by Gasteiger charge is 2.66. The number of nitrogens with zero attached hydrogens (tertiary/aromatic N) is 5. The number of hydrogen-bond donors (Lipinski definition) is 2. The molecular formula is C22H19F2N7OS. The van der Waals surface area contributed by atoms with Crippen molar-refractivity contribution in [2.24, 2.45) is 16.6 Å². The first kappa shape index (κ1) is 21.3. The van der Waals surface area contributed by atoms with E-state index in [1.54, 1.807) is 19.1 Å². The van der Waals surface area contributed by atoms with Gasteiger partial charge in [0.15, 0.2) is 11.0 Å². The molecule has 3 aromatic heterocycles. The molecule has 0 amide bonds. The standard InChI is InChI=1S/C22H19F2N7OS/c1-3-4-32-13-6-15-17(26-9-13)19(29-11-28-15)30-12-5-14(18(24)27-8-12)21(2)16-7-22(16,10-23)33-20(25)31-21/h1,5-6,8-9,11,16H,4,7,10H2,2H3,(H2,25,31)(H,28,29,30)/t16-,21-,22+/m0/s1. The average molecular weight is 468 g/mol. The third-order valence-electron chi connectivity index (χ3n) is 6.00. The lowest BCUT2D eigenvalue weighted by Crippen LogP contribution is -2.37. The second-order valence-corrected chi connectivity index (χ2v) is 9.53. The Labute approximate surface area is 192 Å². The van der Waals surface area contributed by atoms with Crippen LogP contribution in [-0.4, -0.2) is 43.1 Å². The first-order chi connectivity index (χ1) is 15.9. The third kappa shape index (κ3) is 3.60. The Kier molecular flexibility index (Phi) is 5.05. The van der Waals surface area contributed by atoms with E-state index in [0.29, 0.717) is 34.7 Å². The maximum atomic E-state index is 14.9. The van der Waals surface area contributed by atoms with Gasteiger partial charge in [0, 0.05) is 17.5 Å². The van der Waals surface area contributed by atoms with Crippen LogP contribution in [0.3, 0.4) is 0 Å². The number of fused-ring (bicyclic) bond motifs is 2. The number of hydrogen-bond acceptors (Lipinski definition) is 9. The molecular weight excluding hydrogens is 448 g/mol. The molecule has 0 aromatic carbocycles. The molecule has 0 bridgehead atoms. The van der Waals surface area contributed by atoms with Crippen LogP contribution in [0.1, 0.15) is 18.9 Å². The normalized spacial score (nSPS) is 25.6. The minimum atomic E-state index is -1.02. The zero-order valence-corrected chi connectivity index (χ0v) is 18.4. The van der Waals surface area contributed by atoms with Gasteiger partial charge in [-0.3, -0.25) is 4.99 Å². The number of amidine groups is 1. The molecule has 3 atom stereocenters. The summed E-state index contributed by atoms with van der Waals surface area (Å²) >= 11 is 1.23. The van der Waals surface area contributed by atoms with Crippen LogP contribution in [-0.2, 0) is 5.54 Å². The highest BCUT2D eigenvalue weighted by atomic mass is 32.2. The smallest absolute Gasteiger partial charge is 0.218 e. The van der Waals surface area contributed by atoms with Crippen LogP contribution in [0, 0.1) is 24.2 Å². The number of terminal acetylenes is 1. The number of pyridine rings is 2. The van der Waals surface area contributed by atoms with Crippen LogP contribution in [0.4, 0.5) is 20.3 Å². The highest BCUT2D eigenvalue weighted by molar-refractivity contribution is 8.15. The second-order valence-electron chi connectivity index (χ2n) is 8.10. The number of halogens is 2. The molecule has 33 heavy (non-hydrogen) atoms. The highest BCUT2D eigenvalue weighted by Crippen LogP contribution is 2.66. The van der Waals surface area contributed by atoms with Gasteiger partial charge in [0.25, 0.3) is 0 Å². The molecule has 2 aliphatic rings. The van der Waals surface area contributed by atoms with Gasteiger partial charge in [0.1, 0.15) is 30.9 Å². The lowest BCUT2D eigenvalue weighted by atomic mass is 9.86. The van der Waals surface area contributed by atoms with Gasteiger partial charge >= 0.3 is 0 Å². The molecule has 1 fully saturated rings. The second kappa shape index (κ2) is 7.81. The van der Waals surface area contributed by atoms with E-state index in [1.807, 2.05) is 0 Å².